The van der Waals surface area contributed by atoms with Crippen molar-refractivity contribution in [3.05, 3.63) is 12.2 Å². The lowest BCUT2D eigenvalue weighted by Gasteiger charge is -2.39. The average Bonchev–Trinajstić information content (AvgIpc) is 2.77. The number of carbonyl (C=O) groups is 2. The van der Waals surface area contributed by atoms with Crippen molar-refractivity contribution in [1.29, 1.82) is 0 Å². The van der Waals surface area contributed by atoms with Gasteiger partial charge in [0.15, 0.2) is 0 Å². The number of carboxylic acid groups (broad SMARTS) is 1. The van der Waals surface area contributed by atoms with Crippen LogP contribution in [0.3, 0.4) is 0 Å². The molecule has 0 aromatic rings. The summed E-state index contributed by atoms with van der Waals surface area (Å²) in [6, 6.07) is 0. The topological polar surface area (TPSA) is 80.4 Å². The van der Waals surface area contributed by atoms with E-state index in [1.165, 1.54) is 0 Å². The van der Waals surface area contributed by atoms with Gasteiger partial charge < -0.3 is 10.8 Å². The molecule has 0 spiro atoms. The number of hydrogen-bond donors (Lipinski definition) is 2. The zero-order valence-corrected chi connectivity index (χ0v) is 10.2. The van der Waals surface area contributed by atoms with Gasteiger partial charge in [-0.1, -0.05) is 19.1 Å². The molecule has 2 aliphatic carbocycles. The molecule has 0 aromatic carbocycles. The molecule has 3 unspecified atom stereocenters. The van der Waals surface area contributed by atoms with Gasteiger partial charge in [-0.25, -0.2) is 0 Å². The molecule has 17 heavy (non-hydrogen) atoms. The van der Waals surface area contributed by atoms with Crippen molar-refractivity contribution in [2.24, 2.45) is 22.5 Å². The minimum Gasteiger partial charge on any atom is -0.481 e. The maximum absolute atomic E-state index is 11.7. The molecule has 3 N–H and O–H groups in total. The van der Waals surface area contributed by atoms with E-state index < -0.39 is 11.4 Å². The Morgan fingerprint density at radius 1 is 1.59 bits per heavy atom. The predicted molar refractivity (Wildman–Crippen MR) is 63.1 cm³/mol. The quantitative estimate of drug-likeness (QED) is 0.730. The summed E-state index contributed by atoms with van der Waals surface area (Å²) in [5.74, 6) is -0.721. The fourth-order valence-electron chi connectivity index (χ4n) is 3.75. The molecule has 0 aliphatic heterocycles. The molecule has 0 saturated heterocycles. The maximum Gasteiger partial charge on any atom is 0.303 e. The summed E-state index contributed by atoms with van der Waals surface area (Å²) in [6.07, 6.45) is 3.19. The lowest BCUT2D eigenvalue weighted by Crippen LogP contribution is -2.39. The van der Waals surface area contributed by atoms with Gasteiger partial charge in [-0.05, 0) is 37.0 Å². The van der Waals surface area contributed by atoms with Gasteiger partial charge in [0.05, 0.1) is 5.41 Å². The van der Waals surface area contributed by atoms with Crippen molar-refractivity contribution >= 4 is 11.9 Å². The van der Waals surface area contributed by atoms with E-state index >= 15 is 0 Å². The van der Waals surface area contributed by atoms with Gasteiger partial charge in [0, 0.05) is 6.42 Å². The molecule has 1 amide bonds. The molecule has 0 aromatic heterocycles. The normalized spacial score (nSPS) is 39.6. The minimum absolute atomic E-state index is 0.126. The fourth-order valence-corrected chi connectivity index (χ4v) is 3.75. The van der Waals surface area contributed by atoms with E-state index in [0.29, 0.717) is 12.3 Å². The summed E-state index contributed by atoms with van der Waals surface area (Å²) in [5, 5.41) is 8.80. The van der Waals surface area contributed by atoms with E-state index in [4.69, 9.17) is 10.8 Å². The van der Waals surface area contributed by atoms with E-state index in [0.717, 1.165) is 24.8 Å². The molecule has 2 bridgehead atoms. The molecule has 4 heteroatoms. The molecule has 2 rings (SSSR count). The van der Waals surface area contributed by atoms with Crippen molar-refractivity contribution < 1.29 is 14.7 Å². The summed E-state index contributed by atoms with van der Waals surface area (Å²) < 4.78 is 0. The Balaban J connectivity index is 2.25. The standard InChI is InChI=1S/C13H19NO3/c1-8-12(2,5-4-10(15)16)9-3-6-13(8,7-9)11(14)17/h9H,1,3-7H2,2H3,(H2,14,17)(H,15,16). The Morgan fingerprint density at radius 3 is 2.71 bits per heavy atom. The monoisotopic (exact) mass is 237 g/mol. The minimum atomic E-state index is -0.796. The van der Waals surface area contributed by atoms with Gasteiger partial charge in [0.25, 0.3) is 0 Å². The van der Waals surface area contributed by atoms with Crippen LogP contribution in [0.15, 0.2) is 12.2 Å². The zero-order valence-electron chi connectivity index (χ0n) is 10.2. The van der Waals surface area contributed by atoms with Gasteiger partial charge in [-0.3, -0.25) is 9.59 Å². The first kappa shape index (κ1) is 12.1. The number of carboxylic acids is 1. The lowest BCUT2D eigenvalue weighted by molar-refractivity contribution is -0.137. The van der Waals surface area contributed by atoms with Crippen molar-refractivity contribution in [3.63, 3.8) is 0 Å². The molecule has 3 atom stereocenters. The van der Waals surface area contributed by atoms with Crippen LogP contribution in [-0.2, 0) is 9.59 Å². The number of amides is 1. The second-order valence-electron chi connectivity index (χ2n) is 5.68. The second kappa shape index (κ2) is 3.59. The highest BCUT2D eigenvalue weighted by Crippen LogP contribution is 2.66. The Bertz CT molecular complexity index is 403. The number of primary amides is 1. The van der Waals surface area contributed by atoms with Crippen LogP contribution >= 0.6 is 0 Å². The first-order valence-electron chi connectivity index (χ1n) is 6.04. The molecule has 2 aliphatic rings. The number of fused-ring (bicyclic) bond motifs is 2. The van der Waals surface area contributed by atoms with Crippen LogP contribution < -0.4 is 5.73 Å². The van der Waals surface area contributed by atoms with Crippen LogP contribution in [0.2, 0.25) is 0 Å². The lowest BCUT2D eigenvalue weighted by atomic mass is 9.65. The van der Waals surface area contributed by atoms with Crippen LogP contribution in [-0.4, -0.2) is 17.0 Å². The van der Waals surface area contributed by atoms with Gasteiger partial charge in [-0.15, -0.1) is 0 Å². The molecule has 4 nitrogen and oxygen atoms in total. The fraction of sp³-hybridized carbons (Fsp3) is 0.692. The molecular weight excluding hydrogens is 218 g/mol. The van der Waals surface area contributed by atoms with E-state index in [1.54, 1.807) is 0 Å². The molecule has 2 fully saturated rings. The van der Waals surface area contributed by atoms with E-state index in [9.17, 15) is 9.59 Å². The number of hydrogen-bond acceptors (Lipinski definition) is 2. The second-order valence-corrected chi connectivity index (χ2v) is 5.68. The largest absolute Gasteiger partial charge is 0.481 e. The summed E-state index contributed by atoms with van der Waals surface area (Å²) in [6.45, 7) is 6.10. The predicted octanol–water partition coefficient (Wildman–Crippen LogP) is 1.70. The smallest absolute Gasteiger partial charge is 0.303 e. The first-order valence-corrected chi connectivity index (χ1v) is 6.04. The molecular formula is C13H19NO3. The number of rotatable bonds is 4. The van der Waals surface area contributed by atoms with Crippen molar-refractivity contribution in [2.45, 2.75) is 39.0 Å². The number of carbonyl (C=O) groups excluding carboxylic acids is 1. The zero-order chi connectivity index (χ0) is 12.8. The highest BCUT2D eigenvalue weighted by molar-refractivity contribution is 5.86. The third-order valence-electron chi connectivity index (χ3n) is 5.01. The Kier molecular flexibility index (Phi) is 2.56. The Labute approximate surface area is 101 Å². The highest BCUT2D eigenvalue weighted by atomic mass is 16.4. The Morgan fingerprint density at radius 2 is 2.24 bits per heavy atom. The van der Waals surface area contributed by atoms with Crippen LogP contribution in [0, 0.1) is 16.7 Å². The van der Waals surface area contributed by atoms with Gasteiger partial charge in [-0.2, -0.15) is 0 Å². The maximum atomic E-state index is 11.7. The van der Waals surface area contributed by atoms with Crippen molar-refractivity contribution in [3.8, 4) is 0 Å². The van der Waals surface area contributed by atoms with E-state index in [-0.39, 0.29) is 17.7 Å². The summed E-state index contributed by atoms with van der Waals surface area (Å²) in [7, 11) is 0. The third kappa shape index (κ3) is 1.50. The van der Waals surface area contributed by atoms with Crippen LogP contribution in [0.1, 0.15) is 39.0 Å². The van der Waals surface area contributed by atoms with Gasteiger partial charge >= 0.3 is 5.97 Å². The molecule has 94 valence electrons. The molecule has 2 saturated carbocycles. The number of nitrogens with two attached hydrogens (primary N) is 1. The van der Waals surface area contributed by atoms with Crippen molar-refractivity contribution in [1.82, 2.24) is 0 Å². The first-order chi connectivity index (χ1) is 7.83. The van der Waals surface area contributed by atoms with Gasteiger partial charge in [0.2, 0.25) is 5.91 Å². The van der Waals surface area contributed by atoms with Gasteiger partial charge in [0.1, 0.15) is 0 Å². The van der Waals surface area contributed by atoms with Crippen LogP contribution in [0.5, 0.6) is 0 Å². The summed E-state index contributed by atoms with van der Waals surface area (Å²) in [4.78, 5) is 22.4. The summed E-state index contributed by atoms with van der Waals surface area (Å²) >= 11 is 0. The average molecular weight is 237 g/mol. The molecule has 0 heterocycles. The highest BCUT2D eigenvalue weighted by Gasteiger charge is 2.61. The van der Waals surface area contributed by atoms with Crippen LogP contribution in [0.4, 0.5) is 0 Å². The van der Waals surface area contributed by atoms with Crippen molar-refractivity contribution in [2.75, 3.05) is 0 Å². The SMILES string of the molecule is C=C1C2(C(N)=O)CCC(C2)C1(C)CCC(=O)O. The van der Waals surface area contributed by atoms with E-state index in [2.05, 4.69) is 6.58 Å². The summed E-state index contributed by atoms with van der Waals surface area (Å²) in [5.41, 5.74) is 5.60. The third-order valence-corrected chi connectivity index (χ3v) is 5.01. The molecule has 0 radical (unpaired) electrons. The van der Waals surface area contributed by atoms with Crippen LogP contribution in [0.25, 0.3) is 0 Å². The van der Waals surface area contributed by atoms with E-state index in [1.807, 2.05) is 6.92 Å². The number of aliphatic carboxylic acids is 1. The Hall–Kier alpha value is -1.32.